The number of methoxy groups -OCH3 is 1. The number of nitrogens with two attached hydrogens (primary N) is 1. The molecule has 1 fully saturated rings. The first-order valence-electron chi connectivity index (χ1n) is 6.35. The Morgan fingerprint density at radius 2 is 2.25 bits per heavy atom. The van der Waals surface area contributed by atoms with E-state index in [1.807, 2.05) is 0 Å². The Hall–Kier alpha value is -2.15. The van der Waals surface area contributed by atoms with Crippen molar-refractivity contribution in [3.63, 3.8) is 0 Å². The molecule has 0 spiro atoms. The van der Waals surface area contributed by atoms with Crippen LogP contribution in [-0.4, -0.2) is 23.5 Å². The van der Waals surface area contributed by atoms with Crippen molar-refractivity contribution in [1.29, 1.82) is 0 Å². The van der Waals surface area contributed by atoms with Crippen LogP contribution in [0.5, 0.6) is 5.75 Å². The maximum absolute atomic E-state index is 11.9. The van der Waals surface area contributed by atoms with Gasteiger partial charge in [-0.25, -0.2) is 0 Å². The van der Waals surface area contributed by atoms with Gasteiger partial charge in [0, 0.05) is 12.0 Å². The van der Waals surface area contributed by atoms with E-state index in [4.69, 9.17) is 10.5 Å². The summed E-state index contributed by atoms with van der Waals surface area (Å²) in [6.45, 7) is 0. The van der Waals surface area contributed by atoms with Crippen molar-refractivity contribution >= 4 is 17.3 Å². The van der Waals surface area contributed by atoms with Crippen molar-refractivity contribution in [2.75, 3.05) is 12.4 Å². The predicted octanol–water partition coefficient (Wildman–Crippen LogP) is 1.81. The van der Waals surface area contributed by atoms with E-state index in [1.165, 1.54) is 19.2 Å². The number of anilines is 1. The van der Waals surface area contributed by atoms with E-state index in [0.29, 0.717) is 5.75 Å². The molecule has 0 aliphatic heterocycles. The number of nitrogens with zero attached hydrogens (tertiary/aromatic N) is 1. The number of carbonyl (C=O) groups excluding carboxylic acids is 1. The van der Waals surface area contributed by atoms with Crippen LogP contribution in [-0.2, 0) is 4.79 Å². The third-order valence-corrected chi connectivity index (χ3v) is 3.54. The van der Waals surface area contributed by atoms with Gasteiger partial charge in [-0.2, -0.15) is 0 Å². The van der Waals surface area contributed by atoms with Gasteiger partial charge in [-0.05, 0) is 31.4 Å². The van der Waals surface area contributed by atoms with Crippen LogP contribution in [0, 0.1) is 10.1 Å². The SMILES string of the molecule is COc1ccc(NC(=O)CC2(N)CCC2)c([N+](=O)[O-])c1. The molecule has 0 heterocycles. The van der Waals surface area contributed by atoms with E-state index in [-0.39, 0.29) is 23.7 Å². The molecule has 0 saturated heterocycles. The second kappa shape index (κ2) is 5.46. The monoisotopic (exact) mass is 279 g/mol. The van der Waals surface area contributed by atoms with Crippen molar-refractivity contribution in [2.45, 2.75) is 31.2 Å². The summed E-state index contributed by atoms with van der Waals surface area (Å²) in [4.78, 5) is 22.3. The third kappa shape index (κ3) is 3.05. The zero-order chi connectivity index (χ0) is 14.8. The molecule has 0 bridgehead atoms. The van der Waals surface area contributed by atoms with Gasteiger partial charge in [-0.15, -0.1) is 0 Å². The summed E-state index contributed by atoms with van der Waals surface area (Å²) in [6.07, 6.45) is 2.82. The summed E-state index contributed by atoms with van der Waals surface area (Å²) in [5, 5.41) is 13.5. The molecule has 1 aliphatic carbocycles. The fraction of sp³-hybridized carbons (Fsp3) is 0.462. The average molecular weight is 279 g/mol. The minimum Gasteiger partial charge on any atom is -0.496 e. The highest BCUT2D eigenvalue weighted by Gasteiger charge is 2.35. The Labute approximate surface area is 116 Å². The lowest BCUT2D eigenvalue weighted by molar-refractivity contribution is -0.384. The van der Waals surface area contributed by atoms with Crippen LogP contribution in [0.2, 0.25) is 0 Å². The van der Waals surface area contributed by atoms with Crippen molar-refractivity contribution in [3.8, 4) is 5.75 Å². The first-order valence-corrected chi connectivity index (χ1v) is 6.35. The zero-order valence-electron chi connectivity index (χ0n) is 11.2. The summed E-state index contributed by atoms with van der Waals surface area (Å²) in [6, 6.07) is 4.29. The van der Waals surface area contributed by atoms with Gasteiger partial charge in [0.25, 0.3) is 5.69 Å². The molecule has 1 aromatic rings. The smallest absolute Gasteiger partial charge is 0.296 e. The summed E-state index contributed by atoms with van der Waals surface area (Å²) < 4.78 is 4.93. The summed E-state index contributed by atoms with van der Waals surface area (Å²) in [5.41, 5.74) is 5.49. The Morgan fingerprint density at radius 1 is 1.55 bits per heavy atom. The van der Waals surface area contributed by atoms with Crippen LogP contribution in [0.4, 0.5) is 11.4 Å². The van der Waals surface area contributed by atoms with Crippen LogP contribution in [0.3, 0.4) is 0 Å². The zero-order valence-corrected chi connectivity index (χ0v) is 11.2. The second-order valence-electron chi connectivity index (χ2n) is 5.08. The Bertz CT molecular complexity index is 540. The van der Waals surface area contributed by atoms with Crippen molar-refractivity contribution in [3.05, 3.63) is 28.3 Å². The van der Waals surface area contributed by atoms with Crippen LogP contribution in [0.25, 0.3) is 0 Å². The molecule has 0 unspecified atom stereocenters. The van der Waals surface area contributed by atoms with E-state index in [9.17, 15) is 14.9 Å². The lowest BCUT2D eigenvalue weighted by atomic mass is 9.75. The molecule has 0 atom stereocenters. The van der Waals surface area contributed by atoms with Gasteiger partial charge in [0.2, 0.25) is 5.91 Å². The number of hydrogen-bond donors (Lipinski definition) is 2. The van der Waals surface area contributed by atoms with Crippen LogP contribution in [0.1, 0.15) is 25.7 Å². The fourth-order valence-corrected chi connectivity index (χ4v) is 2.22. The first kappa shape index (κ1) is 14.3. The van der Waals surface area contributed by atoms with Gasteiger partial charge in [0.05, 0.1) is 18.1 Å². The summed E-state index contributed by atoms with van der Waals surface area (Å²) in [7, 11) is 1.42. The van der Waals surface area contributed by atoms with Crippen molar-refractivity contribution < 1.29 is 14.5 Å². The molecule has 20 heavy (non-hydrogen) atoms. The molecule has 108 valence electrons. The molecular formula is C13H17N3O4. The molecule has 7 heteroatoms. The van der Waals surface area contributed by atoms with Crippen LogP contribution in [0.15, 0.2) is 18.2 Å². The quantitative estimate of drug-likeness (QED) is 0.631. The maximum Gasteiger partial charge on any atom is 0.296 e. The average Bonchev–Trinajstić information content (AvgIpc) is 2.37. The van der Waals surface area contributed by atoms with Gasteiger partial charge in [0.1, 0.15) is 11.4 Å². The minimum atomic E-state index is -0.556. The summed E-state index contributed by atoms with van der Waals surface area (Å²) in [5.74, 6) is 0.0597. The van der Waals surface area contributed by atoms with E-state index in [1.54, 1.807) is 6.07 Å². The number of carbonyl (C=O) groups is 1. The van der Waals surface area contributed by atoms with Crippen LogP contribution >= 0.6 is 0 Å². The molecular weight excluding hydrogens is 262 g/mol. The highest BCUT2D eigenvalue weighted by Crippen LogP contribution is 2.33. The van der Waals surface area contributed by atoms with Crippen LogP contribution < -0.4 is 15.8 Å². The number of rotatable bonds is 5. The van der Waals surface area contributed by atoms with Crippen molar-refractivity contribution in [2.24, 2.45) is 5.73 Å². The van der Waals surface area contributed by atoms with Crippen molar-refractivity contribution in [1.82, 2.24) is 0 Å². The van der Waals surface area contributed by atoms with E-state index < -0.39 is 10.5 Å². The largest absolute Gasteiger partial charge is 0.496 e. The molecule has 7 nitrogen and oxygen atoms in total. The number of nitro benzene ring substituents is 1. The highest BCUT2D eigenvalue weighted by atomic mass is 16.6. The fourth-order valence-electron chi connectivity index (χ4n) is 2.22. The molecule has 1 aliphatic rings. The highest BCUT2D eigenvalue weighted by molar-refractivity contribution is 5.94. The molecule has 3 N–H and O–H groups in total. The molecule has 2 rings (SSSR count). The Kier molecular flexibility index (Phi) is 3.89. The second-order valence-corrected chi connectivity index (χ2v) is 5.08. The number of hydrogen-bond acceptors (Lipinski definition) is 5. The maximum atomic E-state index is 11.9. The van der Waals surface area contributed by atoms with E-state index in [2.05, 4.69) is 5.32 Å². The molecule has 1 amide bonds. The van der Waals surface area contributed by atoms with E-state index in [0.717, 1.165) is 19.3 Å². The Morgan fingerprint density at radius 3 is 2.75 bits per heavy atom. The van der Waals surface area contributed by atoms with Gasteiger partial charge >= 0.3 is 0 Å². The number of ether oxygens (including phenoxy) is 1. The number of benzene rings is 1. The lowest BCUT2D eigenvalue weighted by Gasteiger charge is -2.37. The van der Waals surface area contributed by atoms with Gasteiger partial charge < -0.3 is 15.8 Å². The van der Waals surface area contributed by atoms with Gasteiger partial charge in [-0.3, -0.25) is 14.9 Å². The Balaban J connectivity index is 2.11. The first-order chi connectivity index (χ1) is 9.43. The normalized spacial score (nSPS) is 16.1. The van der Waals surface area contributed by atoms with Gasteiger partial charge in [0.15, 0.2) is 0 Å². The molecule has 1 saturated carbocycles. The molecule has 1 aromatic carbocycles. The third-order valence-electron chi connectivity index (χ3n) is 3.54. The number of amides is 1. The topological polar surface area (TPSA) is 107 Å². The predicted molar refractivity (Wildman–Crippen MR) is 73.7 cm³/mol. The van der Waals surface area contributed by atoms with Gasteiger partial charge in [-0.1, -0.05) is 0 Å². The lowest BCUT2D eigenvalue weighted by Crippen LogP contribution is -2.48. The molecule has 0 radical (unpaired) electrons. The number of nitro groups is 1. The van der Waals surface area contributed by atoms with E-state index >= 15 is 0 Å². The summed E-state index contributed by atoms with van der Waals surface area (Å²) >= 11 is 0. The molecule has 0 aromatic heterocycles. The minimum absolute atomic E-state index is 0.156. The standard InChI is InChI=1S/C13H17N3O4/c1-20-9-3-4-10(11(7-9)16(18)19)15-12(17)8-13(14)5-2-6-13/h3-4,7H,2,5-6,8,14H2,1H3,(H,15,17). The number of nitrogens with one attached hydrogen (secondary N) is 1.